The minimum atomic E-state index is -4.47. The number of carbonyl (C=O) groups is 1. The fourth-order valence-electron chi connectivity index (χ4n) is 5.27. The van der Waals surface area contributed by atoms with Crippen molar-refractivity contribution in [3.63, 3.8) is 0 Å². The number of amides is 1. The largest absolute Gasteiger partial charge is 0.480 e. The van der Waals surface area contributed by atoms with Crippen LogP contribution in [0.4, 0.5) is 23.4 Å². The minimum Gasteiger partial charge on any atom is -0.480 e. The lowest BCUT2D eigenvalue weighted by atomic mass is 10.0. The van der Waals surface area contributed by atoms with E-state index >= 15 is 0 Å². The van der Waals surface area contributed by atoms with Gasteiger partial charge in [-0.2, -0.15) is 13.2 Å². The Balaban J connectivity index is 1.05. The highest BCUT2D eigenvalue weighted by Crippen LogP contribution is 2.59. The molecule has 1 amide bonds. The molecule has 2 fully saturated rings. The molecule has 0 radical (unpaired) electrons. The van der Waals surface area contributed by atoms with Crippen LogP contribution >= 0.6 is 0 Å². The maximum atomic E-state index is 15.0. The lowest BCUT2D eigenvalue weighted by molar-refractivity contribution is -0.165. The van der Waals surface area contributed by atoms with Crippen molar-refractivity contribution in [2.75, 3.05) is 45.3 Å². The predicted molar refractivity (Wildman–Crippen MR) is 152 cm³/mol. The number of anilines is 1. The van der Waals surface area contributed by atoms with Crippen molar-refractivity contribution in [3.8, 4) is 17.0 Å². The third kappa shape index (κ3) is 6.83. The van der Waals surface area contributed by atoms with Gasteiger partial charge in [0.1, 0.15) is 17.1 Å². The molecule has 0 bridgehead atoms. The molecule has 0 atom stereocenters. The molecule has 1 aliphatic carbocycles. The van der Waals surface area contributed by atoms with Gasteiger partial charge in [0.25, 0.3) is 0 Å². The lowest BCUT2D eigenvalue weighted by Crippen LogP contribution is -2.38. The van der Waals surface area contributed by atoms with Gasteiger partial charge in [-0.15, -0.1) is 5.10 Å². The van der Waals surface area contributed by atoms with Gasteiger partial charge in [-0.25, -0.2) is 14.4 Å². The van der Waals surface area contributed by atoms with Crippen molar-refractivity contribution >= 4 is 11.7 Å². The molecular formula is C30H31F4N7O4. The van der Waals surface area contributed by atoms with Crippen LogP contribution in [0.25, 0.3) is 11.1 Å². The summed E-state index contributed by atoms with van der Waals surface area (Å²) in [7, 11) is 1.57. The summed E-state index contributed by atoms with van der Waals surface area (Å²) >= 11 is 0. The van der Waals surface area contributed by atoms with Gasteiger partial charge in [0.15, 0.2) is 11.6 Å². The van der Waals surface area contributed by atoms with Crippen LogP contribution < -0.4 is 10.1 Å². The summed E-state index contributed by atoms with van der Waals surface area (Å²) in [4.78, 5) is 23.7. The molecule has 2 aliphatic rings. The number of hydrogen-bond acceptors (Lipinski definition) is 9. The van der Waals surface area contributed by atoms with Gasteiger partial charge in [-0.05, 0) is 30.0 Å². The number of rotatable bonds is 11. The first-order chi connectivity index (χ1) is 21.6. The first-order valence-corrected chi connectivity index (χ1v) is 14.5. The fraction of sp³-hybridized carbons (Fsp3) is 0.433. The van der Waals surface area contributed by atoms with E-state index in [9.17, 15) is 22.4 Å². The molecule has 0 unspecified atom stereocenters. The second-order valence-electron chi connectivity index (χ2n) is 11.1. The van der Waals surface area contributed by atoms with Crippen LogP contribution in [0.5, 0.6) is 5.88 Å². The molecule has 1 aromatic carbocycles. The van der Waals surface area contributed by atoms with Crippen molar-refractivity contribution < 1.29 is 36.4 Å². The van der Waals surface area contributed by atoms with Crippen molar-refractivity contribution in [3.05, 3.63) is 71.4 Å². The van der Waals surface area contributed by atoms with Gasteiger partial charge in [-0.3, -0.25) is 14.4 Å². The van der Waals surface area contributed by atoms with Gasteiger partial charge < -0.3 is 19.3 Å². The Labute approximate surface area is 255 Å². The van der Waals surface area contributed by atoms with E-state index in [1.165, 1.54) is 12.1 Å². The normalized spacial score (nSPS) is 16.5. The summed E-state index contributed by atoms with van der Waals surface area (Å²) in [5.74, 6) is -0.733. The van der Waals surface area contributed by atoms with E-state index in [2.05, 4.69) is 30.4 Å². The number of ether oxygens (including phenoxy) is 2. The van der Waals surface area contributed by atoms with E-state index in [1.807, 2.05) is 10.9 Å². The lowest BCUT2D eigenvalue weighted by Gasteiger charge is -2.26. The van der Waals surface area contributed by atoms with E-state index in [0.717, 1.165) is 44.5 Å². The molecule has 15 heteroatoms. The van der Waals surface area contributed by atoms with Gasteiger partial charge in [-0.1, -0.05) is 17.3 Å². The zero-order chi connectivity index (χ0) is 31.6. The summed E-state index contributed by atoms with van der Waals surface area (Å²) in [6, 6.07) is 5.44. The van der Waals surface area contributed by atoms with Crippen molar-refractivity contribution in [1.82, 2.24) is 29.8 Å². The molecular weight excluding hydrogens is 598 g/mol. The smallest absolute Gasteiger partial charge is 0.401 e. The van der Waals surface area contributed by atoms with E-state index < -0.39 is 23.3 Å². The first-order valence-electron chi connectivity index (χ1n) is 14.5. The molecule has 6 rings (SSSR count). The number of hydrogen-bond donors (Lipinski definition) is 1. The monoisotopic (exact) mass is 629 g/mol. The Hall–Kier alpha value is -4.37. The molecule has 1 aliphatic heterocycles. The number of benzene rings is 1. The Bertz CT molecular complexity index is 1640. The maximum absolute atomic E-state index is 15.0. The van der Waals surface area contributed by atoms with Crippen molar-refractivity contribution in [2.45, 2.75) is 43.8 Å². The van der Waals surface area contributed by atoms with Gasteiger partial charge >= 0.3 is 6.18 Å². The summed E-state index contributed by atoms with van der Waals surface area (Å²) in [5.41, 5.74) is -0.0127. The number of aromatic nitrogens is 5. The predicted octanol–water partition coefficient (Wildman–Crippen LogP) is 4.17. The summed E-state index contributed by atoms with van der Waals surface area (Å²) < 4.78 is 72.5. The topological polar surface area (TPSA) is 120 Å². The molecule has 4 heterocycles. The van der Waals surface area contributed by atoms with Crippen molar-refractivity contribution in [2.24, 2.45) is 0 Å². The van der Waals surface area contributed by atoms with E-state index in [0.29, 0.717) is 35.8 Å². The molecule has 1 N–H and O–H groups in total. The van der Waals surface area contributed by atoms with E-state index in [1.54, 1.807) is 25.6 Å². The average molecular weight is 630 g/mol. The Morgan fingerprint density at radius 1 is 1.07 bits per heavy atom. The quantitative estimate of drug-likeness (QED) is 0.244. The van der Waals surface area contributed by atoms with Crippen LogP contribution in [0.3, 0.4) is 0 Å². The van der Waals surface area contributed by atoms with E-state index in [-0.39, 0.29) is 36.4 Å². The van der Waals surface area contributed by atoms with Gasteiger partial charge in [0, 0.05) is 61.8 Å². The summed E-state index contributed by atoms with van der Waals surface area (Å²) in [6.07, 6.45) is 0.494. The third-order valence-corrected chi connectivity index (χ3v) is 8.07. The number of nitrogens with zero attached hydrogens (tertiary/aromatic N) is 6. The molecule has 45 heavy (non-hydrogen) atoms. The number of alkyl halides is 3. The highest BCUT2D eigenvalue weighted by Gasteiger charge is 2.66. The van der Waals surface area contributed by atoms with E-state index in [4.69, 9.17) is 14.0 Å². The molecule has 0 spiro atoms. The Morgan fingerprint density at radius 2 is 1.82 bits per heavy atom. The summed E-state index contributed by atoms with van der Waals surface area (Å²) in [5, 5.41) is 10.4. The standard InChI is InChI=1S/C30H31F4N7O4/c1-43-28-21(18-41(38-28)7-6-40-8-10-44-11-9-40)13-25-35-16-22(17-36-25)19-2-3-20(23(31)12-19)14-27(42)37-26-15-24(45-39-26)29(4-5-29)30(32,33)34/h2-3,12,15-18H,4-11,13-14H2,1H3,(H,37,39,42). The van der Waals surface area contributed by atoms with Crippen LogP contribution in [-0.2, 0) is 34.3 Å². The Kier molecular flexibility index (Phi) is 8.55. The average Bonchev–Trinajstić information content (AvgIpc) is 3.58. The number of halogens is 4. The summed E-state index contributed by atoms with van der Waals surface area (Å²) in [6.45, 7) is 4.83. The first kappa shape index (κ1) is 30.6. The van der Waals surface area contributed by atoms with Crippen LogP contribution in [0, 0.1) is 5.82 Å². The minimum absolute atomic E-state index is 0.0964. The molecule has 1 saturated carbocycles. The van der Waals surface area contributed by atoms with Crippen LogP contribution in [-0.4, -0.2) is 81.8 Å². The Morgan fingerprint density at radius 3 is 2.49 bits per heavy atom. The number of methoxy groups -OCH3 is 1. The zero-order valence-corrected chi connectivity index (χ0v) is 24.4. The zero-order valence-electron chi connectivity index (χ0n) is 24.4. The highest BCUT2D eigenvalue weighted by molar-refractivity contribution is 5.91. The van der Waals surface area contributed by atoms with Crippen LogP contribution in [0.15, 0.2) is 47.4 Å². The second kappa shape index (κ2) is 12.6. The number of morpholine rings is 1. The molecule has 4 aromatic rings. The number of carbonyl (C=O) groups excluding carboxylic acids is 1. The second-order valence-corrected chi connectivity index (χ2v) is 11.1. The maximum Gasteiger partial charge on any atom is 0.401 e. The fourth-order valence-corrected chi connectivity index (χ4v) is 5.27. The highest BCUT2D eigenvalue weighted by atomic mass is 19.4. The molecule has 238 valence electrons. The molecule has 11 nitrogen and oxygen atoms in total. The van der Waals surface area contributed by atoms with Crippen LogP contribution in [0.1, 0.15) is 35.6 Å². The van der Waals surface area contributed by atoms with Gasteiger partial charge in [0.2, 0.25) is 11.8 Å². The van der Waals surface area contributed by atoms with Crippen LogP contribution in [0.2, 0.25) is 0 Å². The number of nitrogens with one attached hydrogen (secondary N) is 1. The third-order valence-electron chi connectivity index (χ3n) is 8.07. The molecule has 3 aromatic heterocycles. The SMILES string of the molecule is COc1nn(CCN2CCOCC2)cc1Cc1ncc(-c2ccc(CC(=O)Nc3cc(C4(C(F)(F)F)CC4)on3)c(F)c2)cn1. The van der Waals surface area contributed by atoms with Gasteiger partial charge in [0.05, 0.1) is 33.3 Å². The molecule has 1 saturated heterocycles. The van der Waals surface area contributed by atoms with Crippen molar-refractivity contribution in [1.29, 1.82) is 0 Å².